The largest absolute Gasteiger partial charge is 0.497 e. The molecule has 0 saturated heterocycles. The predicted octanol–water partition coefficient (Wildman–Crippen LogP) is 4.13. The summed E-state index contributed by atoms with van der Waals surface area (Å²) in [5, 5.41) is 6.07. The van der Waals surface area contributed by atoms with Crippen LogP contribution in [0, 0.1) is 5.92 Å². The summed E-state index contributed by atoms with van der Waals surface area (Å²) in [5.74, 6) is 1.97. The van der Waals surface area contributed by atoms with Crippen LogP contribution in [0.4, 0.5) is 0 Å². The molecule has 1 aliphatic rings. The first-order valence-corrected chi connectivity index (χ1v) is 7.62. The SMILES string of the molecule is COc1ccc2cc(CNCCCC3CC3)ccc2c1. The van der Waals surface area contributed by atoms with Crippen LogP contribution < -0.4 is 10.1 Å². The second-order valence-electron chi connectivity index (χ2n) is 5.81. The van der Waals surface area contributed by atoms with Gasteiger partial charge in [-0.05, 0) is 59.8 Å². The minimum Gasteiger partial charge on any atom is -0.497 e. The molecule has 0 radical (unpaired) electrons. The van der Waals surface area contributed by atoms with Crippen LogP contribution >= 0.6 is 0 Å². The Hall–Kier alpha value is -1.54. The van der Waals surface area contributed by atoms with Crippen LogP contribution in [0.25, 0.3) is 10.8 Å². The van der Waals surface area contributed by atoms with Crippen LogP contribution in [0.5, 0.6) is 5.75 Å². The summed E-state index contributed by atoms with van der Waals surface area (Å²) in [4.78, 5) is 0. The van der Waals surface area contributed by atoms with Crippen molar-refractivity contribution >= 4 is 10.8 Å². The molecule has 0 aliphatic heterocycles. The molecule has 1 N–H and O–H groups in total. The molecule has 0 heterocycles. The van der Waals surface area contributed by atoms with E-state index in [2.05, 4.69) is 35.6 Å². The van der Waals surface area contributed by atoms with Gasteiger partial charge < -0.3 is 10.1 Å². The number of fused-ring (bicyclic) bond motifs is 1. The molecule has 20 heavy (non-hydrogen) atoms. The van der Waals surface area contributed by atoms with Crippen molar-refractivity contribution in [2.24, 2.45) is 5.92 Å². The summed E-state index contributed by atoms with van der Waals surface area (Å²) in [6.07, 6.45) is 5.65. The van der Waals surface area contributed by atoms with E-state index in [1.54, 1.807) is 7.11 Å². The Kier molecular flexibility index (Phi) is 4.22. The van der Waals surface area contributed by atoms with Crippen molar-refractivity contribution in [2.75, 3.05) is 13.7 Å². The van der Waals surface area contributed by atoms with Gasteiger partial charge in [-0.2, -0.15) is 0 Å². The van der Waals surface area contributed by atoms with Gasteiger partial charge in [-0.25, -0.2) is 0 Å². The molecule has 0 aromatic heterocycles. The van der Waals surface area contributed by atoms with Crippen molar-refractivity contribution in [1.82, 2.24) is 5.32 Å². The molecule has 2 nitrogen and oxygen atoms in total. The van der Waals surface area contributed by atoms with Gasteiger partial charge in [-0.3, -0.25) is 0 Å². The van der Waals surface area contributed by atoms with E-state index in [1.165, 1.54) is 42.0 Å². The standard InChI is InChI=1S/C18H23NO/c1-20-18-9-8-16-11-15(6-7-17(16)12-18)13-19-10-2-3-14-4-5-14/h6-9,11-12,14,19H,2-5,10,13H2,1H3. The number of benzene rings is 2. The van der Waals surface area contributed by atoms with Crippen molar-refractivity contribution in [2.45, 2.75) is 32.2 Å². The molecular formula is C18H23NO. The summed E-state index contributed by atoms with van der Waals surface area (Å²) in [7, 11) is 1.71. The van der Waals surface area contributed by atoms with Gasteiger partial charge in [0.05, 0.1) is 7.11 Å². The molecule has 0 amide bonds. The molecule has 1 aliphatic carbocycles. The fraction of sp³-hybridized carbons (Fsp3) is 0.444. The monoisotopic (exact) mass is 269 g/mol. The fourth-order valence-corrected chi connectivity index (χ4v) is 2.67. The molecule has 2 aromatic carbocycles. The van der Waals surface area contributed by atoms with Crippen molar-refractivity contribution < 1.29 is 4.74 Å². The lowest BCUT2D eigenvalue weighted by Crippen LogP contribution is -2.14. The van der Waals surface area contributed by atoms with Gasteiger partial charge >= 0.3 is 0 Å². The number of methoxy groups -OCH3 is 1. The van der Waals surface area contributed by atoms with Crippen LogP contribution in [0.2, 0.25) is 0 Å². The minimum atomic E-state index is 0.920. The highest BCUT2D eigenvalue weighted by molar-refractivity contribution is 5.84. The van der Waals surface area contributed by atoms with E-state index in [1.807, 2.05) is 6.07 Å². The third kappa shape index (κ3) is 3.51. The third-order valence-corrected chi connectivity index (χ3v) is 4.10. The predicted molar refractivity (Wildman–Crippen MR) is 84.2 cm³/mol. The van der Waals surface area contributed by atoms with Gasteiger partial charge in [0.15, 0.2) is 0 Å². The molecule has 0 atom stereocenters. The number of nitrogens with one attached hydrogen (secondary N) is 1. The highest BCUT2D eigenvalue weighted by Crippen LogP contribution is 2.33. The zero-order valence-electron chi connectivity index (χ0n) is 12.2. The first-order valence-electron chi connectivity index (χ1n) is 7.62. The van der Waals surface area contributed by atoms with Crippen molar-refractivity contribution in [1.29, 1.82) is 0 Å². The van der Waals surface area contributed by atoms with Crippen molar-refractivity contribution in [3.05, 3.63) is 42.0 Å². The molecule has 106 valence electrons. The molecule has 1 fully saturated rings. The van der Waals surface area contributed by atoms with E-state index in [0.717, 1.165) is 24.8 Å². The van der Waals surface area contributed by atoms with Crippen LogP contribution in [0.1, 0.15) is 31.2 Å². The summed E-state index contributed by atoms with van der Waals surface area (Å²) in [6.45, 7) is 2.10. The fourth-order valence-electron chi connectivity index (χ4n) is 2.67. The molecule has 3 rings (SSSR count). The van der Waals surface area contributed by atoms with Gasteiger partial charge in [0.1, 0.15) is 5.75 Å². The second-order valence-corrected chi connectivity index (χ2v) is 5.81. The summed E-state index contributed by atoms with van der Waals surface area (Å²) in [6, 6.07) is 12.9. The Labute approximate surface area is 121 Å². The van der Waals surface area contributed by atoms with E-state index in [9.17, 15) is 0 Å². The van der Waals surface area contributed by atoms with E-state index >= 15 is 0 Å². The number of rotatable bonds is 7. The van der Waals surface area contributed by atoms with E-state index in [4.69, 9.17) is 4.74 Å². The van der Waals surface area contributed by atoms with Crippen LogP contribution in [0.3, 0.4) is 0 Å². The number of hydrogen-bond acceptors (Lipinski definition) is 2. The molecule has 0 bridgehead atoms. The first kappa shape index (κ1) is 13.4. The quantitative estimate of drug-likeness (QED) is 0.763. The average molecular weight is 269 g/mol. The number of ether oxygens (including phenoxy) is 1. The second kappa shape index (κ2) is 6.27. The average Bonchev–Trinajstić information content (AvgIpc) is 3.30. The lowest BCUT2D eigenvalue weighted by Gasteiger charge is -2.07. The first-order chi connectivity index (χ1) is 9.85. The van der Waals surface area contributed by atoms with Crippen molar-refractivity contribution in [3.8, 4) is 5.75 Å². The summed E-state index contributed by atoms with van der Waals surface area (Å²) < 4.78 is 5.26. The molecule has 2 heteroatoms. The Balaban J connectivity index is 1.54. The maximum Gasteiger partial charge on any atom is 0.119 e. The molecule has 0 spiro atoms. The Bertz CT molecular complexity index is 575. The summed E-state index contributed by atoms with van der Waals surface area (Å²) >= 11 is 0. The normalized spacial score (nSPS) is 14.7. The molecule has 2 aromatic rings. The topological polar surface area (TPSA) is 21.3 Å². The zero-order chi connectivity index (χ0) is 13.8. The lowest BCUT2D eigenvalue weighted by molar-refractivity contribution is 0.415. The van der Waals surface area contributed by atoms with E-state index < -0.39 is 0 Å². The molecule has 1 saturated carbocycles. The maximum atomic E-state index is 5.26. The van der Waals surface area contributed by atoms with Crippen molar-refractivity contribution in [3.63, 3.8) is 0 Å². The maximum absolute atomic E-state index is 5.26. The van der Waals surface area contributed by atoms with Gasteiger partial charge in [0.25, 0.3) is 0 Å². The van der Waals surface area contributed by atoms with E-state index in [0.29, 0.717) is 0 Å². The van der Waals surface area contributed by atoms with Crippen LogP contribution in [-0.4, -0.2) is 13.7 Å². The lowest BCUT2D eigenvalue weighted by atomic mass is 10.1. The number of hydrogen-bond donors (Lipinski definition) is 1. The van der Waals surface area contributed by atoms with Gasteiger partial charge in [0.2, 0.25) is 0 Å². The smallest absolute Gasteiger partial charge is 0.119 e. The van der Waals surface area contributed by atoms with Crippen LogP contribution in [-0.2, 0) is 6.54 Å². The summed E-state index contributed by atoms with van der Waals surface area (Å²) in [5.41, 5.74) is 1.36. The highest BCUT2D eigenvalue weighted by atomic mass is 16.5. The zero-order valence-corrected chi connectivity index (χ0v) is 12.2. The Morgan fingerprint density at radius 2 is 1.90 bits per heavy atom. The Morgan fingerprint density at radius 1 is 1.10 bits per heavy atom. The minimum absolute atomic E-state index is 0.920. The molecular weight excluding hydrogens is 246 g/mol. The van der Waals surface area contributed by atoms with Gasteiger partial charge in [0, 0.05) is 6.54 Å². The highest BCUT2D eigenvalue weighted by Gasteiger charge is 2.19. The van der Waals surface area contributed by atoms with Gasteiger partial charge in [-0.1, -0.05) is 31.0 Å². The van der Waals surface area contributed by atoms with Gasteiger partial charge in [-0.15, -0.1) is 0 Å². The molecule has 0 unspecified atom stereocenters. The Morgan fingerprint density at radius 3 is 2.70 bits per heavy atom. The van der Waals surface area contributed by atoms with Crippen LogP contribution in [0.15, 0.2) is 36.4 Å². The third-order valence-electron chi connectivity index (χ3n) is 4.10. The van der Waals surface area contributed by atoms with E-state index in [-0.39, 0.29) is 0 Å².